The van der Waals surface area contributed by atoms with Crippen molar-refractivity contribution in [2.45, 2.75) is 44.1 Å². The van der Waals surface area contributed by atoms with Gasteiger partial charge >= 0.3 is 0 Å². The molecular formula is C15H22FNO3S. The average Bonchev–Trinajstić information content (AvgIpc) is 2.37. The van der Waals surface area contributed by atoms with Gasteiger partial charge < -0.3 is 4.74 Å². The molecule has 1 atom stereocenters. The van der Waals surface area contributed by atoms with Crippen molar-refractivity contribution in [2.75, 3.05) is 20.2 Å². The van der Waals surface area contributed by atoms with Gasteiger partial charge in [-0.3, -0.25) is 0 Å². The van der Waals surface area contributed by atoms with Crippen LogP contribution in [-0.2, 0) is 14.8 Å². The lowest BCUT2D eigenvalue weighted by Gasteiger charge is -2.39. The Bertz CT molecular complexity index is 621. The molecule has 1 aliphatic rings. The fraction of sp³-hybridized carbons (Fsp3) is 0.600. The Balaban J connectivity index is 2.43. The zero-order chi connectivity index (χ0) is 15.8. The van der Waals surface area contributed by atoms with Gasteiger partial charge in [-0.15, -0.1) is 0 Å². The third-order valence-corrected chi connectivity index (χ3v) is 6.29. The van der Waals surface area contributed by atoms with E-state index >= 15 is 0 Å². The highest BCUT2D eigenvalue weighted by Crippen LogP contribution is 2.31. The van der Waals surface area contributed by atoms with Gasteiger partial charge in [0, 0.05) is 20.2 Å². The molecule has 6 heteroatoms. The van der Waals surface area contributed by atoms with Gasteiger partial charge in [0.25, 0.3) is 0 Å². The summed E-state index contributed by atoms with van der Waals surface area (Å²) in [5.41, 5.74) is 0.419. The van der Waals surface area contributed by atoms with Gasteiger partial charge in [-0.05, 0) is 56.9 Å². The number of hydrogen-bond donors (Lipinski definition) is 0. The minimum atomic E-state index is -3.63. The first-order valence-corrected chi connectivity index (χ1v) is 8.46. The summed E-state index contributed by atoms with van der Waals surface area (Å²) in [5.74, 6) is -0.413. The summed E-state index contributed by atoms with van der Waals surface area (Å²) in [6, 6.07) is 2.53. The Morgan fingerprint density at radius 3 is 2.38 bits per heavy atom. The van der Waals surface area contributed by atoms with Crippen LogP contribution in [0.2, 0.25) is 0 Å². The molecule has 2 rings (SSSR count). The first kappa shape index (κ1) is 16.4. The van der Waals surface area contributed by atoms with E-state index in [-0.39, 0.29) is 4.90 Å². The molecule has 0 saturated carbocycles. The lowest BCUT2D eigenvalue weighted by atomic mass is 9.96. The number of sulfonamides is 1. The second-order valence-electron chi connectivity index (χ2n) is 5.96. The summed E-state index contributed by atoms with van der Waals surface area (Å²) in [5, 5.41) is 0. The van der Waals surface area contributed by atoms with Crippen molar-refractivity contribution >= 4 is 10.0 Å². The van der Waals surface area contributed by atoms with Gasteiger partial charge in [0.05, 0.1) is 10.5 Å². The van der Waals surface area contributed by atoms with E-state index in [9.17, 15) is 12.8 Å². The van der Waals surface area contributed by atoms with Crippen LogP contribution in [0.5, 0.6) is 0 Å². The number of aryl methyl sites for hydroxylation is 2. The summed E-state index contributed by atoms with van der Waals surface area (Å²) in [6.07, 6.45) is 1.58. The molecular weight excluding hydrogens is 293 g/mol. The van der Waals surface area contributed by atoms with Crippen LogP contribution in [0.25, 0.3) is 0 Å². The van der Waals surface area contributed by atoms with E-state index in [2.05, 4.69) is 0 Å². The molecule has 1 heterocycles. The second kappa shape index (κ2) is 5.66. The average molecular weight is 315 g/mol. The quantitative estimate of drug-likeness (QED) is 0.861. The molecule has 0 radical (unpaired) electrons. The topological polar surface area (TPSA) is 46.6 Å². The van der Waals surface area contributed by atoms with Crippen LogP contribution in [0, 0.1) is 19.7 Å². The van der Waals surface area contributed by atoms with Gasteiger partial charge in [0.2, 0.25) is 10.0 Å². The first-order chi connectivity index (χ1) is 9.69. The summed E-state index contributed by atoms with van der Waals surface area (Å²) in [7, 11) is -2.03. The van der Waals surface area contributed by atoms with Crippen LogP contribution in [0.4, 0.5) is 4.39 Å². The molecule has 4 nitrogen and oxygen atoms in total. The lowest BCUT2D eigenvalue weighted by molar-refractivity contribution is -0.0319. The molecule has 1 aromatic rings. The standard InChI is InChI=1S/C15H22FNO3S/c1-11-8-13(16)9-12(2)14(11)21(18,19)17-7-5-6-15(3,10-17)20-4/h8-9H,5-7,10H2,1-4H3. The molecule has 118 valence electrons. The SMILES string of the molecule is COC1(C)CCCN(S(=O)(=O)c2c(C)cc(F)cc2C)C1. The molecule has 1 aliphatic heterocycles. The maximum absolute atomic E-state index is 13.4. The highest BCUT2D eigenvalue weighted by atomic mass is 32.2. The summed E-state index contributed by atoms with van der Waals surface area (Å²) in [6.45, 7) is 5.96. The third kappa shape index (κ3) is 3.12. The highest BCUT2D eigenvalue weighted by Gasteiger charge is 2.38. The van der Waals surface area contributed by atoms with Gasteiger partial charge in [0.1, 0.15) is 5.82 Å². The second-order valence-corrected chi connectivity index (χ2v) is 7.84. The Labute approximate surface area is 126 Å². The van der Waals surface area contributed by atoms with Crippen molar-refractivity contribution in [1.29, 1.82) is 0 Å². The number of methoxy groups -OCH3 is 1. The van der Waals surface area contributed by atoms with Gasteiger partial charge in [0.15, 0.2) is 0 Å². The van der Waals surface area contributed by atoms with Crippen LogP contribution in [0.1, 0.15) is 30.9 Å². The summed E-state index contributed by atoms with van der Waals surface area (Å²) >= 11 is 0. The highest BCUT2D eigenvalue weighted by molar-refractivity contribution is 7.89. The lowest BCUT2D eigenvalue weighted by Crippen LogP contribution is -2.49. The smallest absolute Gasteiger partial charge is 0.243 e. The van der Waals surface area contributed by atoms with E-state index in [1.807, 2.05) is 6.92 Å². The predicted molar refractivity (Wildman–Crippen MR) is 79.3 cm³/mol. The van der Waals surface area contributed by atoms with E-state index < -0.39 is 21.4 Å². The van der Waals surface area contributed by atoms with Gasteiger partial charge in [-0.25, -0.2) is 12.8 Å². The number of benzene rings is 1. The van der Waals surface area contributed by atoms with Crippen molar-refractivity contribution in [3.05, 3.63) is 29.1 Å². The first-order valence-electron chi connectivity index (χ1n) is 7.02. The number of halogens is 1. The maximum atomic E-state index is 13.4. The van der Waals surface area contributed by atoms with Crippen LogP contribution in [0.3, 0.4) is 0 Å². The van der Waals surface area contributed by atoms with Crippen LogP contribution < -0.4 is 0 Å². The predicted octanol–water partition coefficient (Wildman–Crippen LogP) is 2.63. The van der Waals surface area contributed by atoms with E-state index in [4.69, 9.17) is 4.74 Å². The van der Waals surface area contributed by atoms with Crippen LogP contribution in [-0.4, -0.2) is 38.5 Å². The fourth-order valence-electron chi connectivity index (χ4n) is 2.97. The van der Waals surface area contributed by atoms with Crippen molar-refractivity contribution in [3.63, 3.8) is 0 Å². The number of ether oxygens (including phenoxy) is 1. The Morgan fingerprint density at radius 1 is 1.29 bits per heavy atom. The molecule has 0 amide bonds. The zero-order valence-corrected chi connectivity index (χ0v) is 13.8. The van der Waals surface area contributed by atoms with Crippen molar-refractivity contribution < 1.29 is 17.5 Å². The molecule has 21 heavy (non-hydrogen) atoms. The third-order valence-electron chi connectivity index (χ3n) is 4.14. The number of hydrogen-bond acceptors (Lipinski definition) is 3. The largest absolute Gasteiger partial charge is 0.377 e. The zero-order valence-electron chi connectivity index (χ0n) is 12.9. The monoisotopic (exact) mass is 315 g/mol. The fourth-order valence-corrected chi connectivity index (χ4v) is 4.97. The molecule has 1 unspecified atom stereocenters. The number of rotatable bonds is 3. The van der Waals surface area contributed by atoms with Crippen molar-refractivity contribution in [1.82, 2.24) is 4.31 Å². The Kier molecular flexibility index (Phi) is 4.42. The van der Waals surface area contributed by atoms with Crippen LogP contribution >= 0.6 is 0 Å². The maximum Gasteiger partial charge on any atom is 0.243 e. The molecule has 1 fully saturated rings. The van der Waals surface area contributed by atoms with Gasteiger partial charge in [-0.1, -0.05) is 0 Å². The number of piperidine rings is 1. The molecule has 0 bridgehead atoms. The van der Waals surface area contributed by atoms with Gasteiger partial charge in [-0.2, -0.15) is 4.31 Å². The van der Waals surface area contributed by atoms with Crippen molar-refractivity contribution in [3.8, 4) is 0 Å². The minimum Gasteiger partial charge on any atom is -0.377 e. The molecule has 0 aromatic heterocycles. The normalized spacial score (nSPS) is 24.2. The summed E-state index contributed by atoms with van der Waals surface area (Å²) in [4.78, 5) is 0.212. The van der Waals surface area contributed by atoms with E-state index in [1.54, 1.807) is 21.0 Å². The molecule has 0 aliphatic carbocycles. The molecule has 0 N–H and O–H groups in total. The van der Waals surface area contributed by atoms with Crippen LogP contribution in [0.15, 0.2) is 17.0 Å². The minimum absolute atomic E-state index is 0.212. The molecule has 0 spiro atoms. The Hall–Kier alpha value is -0.980. The van der Waals surface area contributed by atoms with E-state index in [0.29, 0.717) is 24.2 Å². The summed E-state index contributed by atoms with van der Waals surface area (Å²) < 4.78 is 46.1. The Morgan fingerprint density at radius 2 is 1.86 bits per heavy atom. The number of nitrogens with zero attached hydrogens (tertiary/aromatic N) is 1. The van der Waals surface area contributed by atoms with Crippen molar-refractivity contribution in [2.24, 2.45) is 0 Å². The van der Waals surface area contributed by atoms with E-state index in [1.165, 1.54) is 16.4 Å². The molecule has 1 saturated heterocycles. The van der Waals surface area contributed by atoms with E-state index in [0.717, 1.165) is 12.8 Å². The molecule has 1 aromatic carbocycles.